The molecule has 0 aromatic heterocycles. The second-order valence-corrected chi connectivity index (χ2v) is 6.16. The van der Waals surface area contributed by atoms with Crippen LogP contribution in [-0.4, -0.2) is 31.1 Å². The molecule has 3 heteroatoms. The Hall–Kier alpha value is -1.06. The van der Waals surface area contributed by atoms with E-state index in [1.165, 1.54) is 43.5 Å². The predicted molar refractivity (Wildman–Crippen MR) is 82.0 cm³/mol. The minimum absolute atomic E-state index is 0.378. The van der Waals surface area contributed by atoms with E-state index in [4.69, 9.17) is 10.5 Å². The molecule has 2 N–H and O–H groups in total. The number of nitrogens with two attached hydrogens (primary N) is 1. The van der Waals surface area contributed by atoms with Crippen LogP contribution in [0.5, 0.6) is 5.75 Å². The highest BCUT2D eigenvalue weighted by Crippen LogP contribution is 2.33. The normalized spacial score (nSPS) is 23.6. The Morgan fingerprint density at radius 3 is 3.15 bits per heavy atom. The van der Waals surface area contributed by atoms with E-state index < -0.39 is 0 Å². The monoisotopic (exact) mass is 274 g/mol. The maximum Gasteiger partial charge on any atom is 0.122 e. The van der Waals surface area contributed by atoms with Crippen molar-refractivity contribution in [2.24, 2.45) is 11.7 Å². The maximum absolute atomic E-state index is 6.08. The molecular formula is C17H26N2O. The minimum Gasteiger partial charge on any atom is -0.493 e. The van der Waals surface area contributed by atoms with Gasteiger partial charge in [0.1, 0.15) is 5.75 Å². The van der Waals surface area contributed by atoms with E-state index in [2.05, 4.69) is 30.0 Å². The van der Waals surface area contributed by atoms with Crippen LogP contribution in [0.2, 0.25) is 0 Å². The summed E-state index contributed by atoms with van der Waals surface area (Å²) in [4.78, 5) is 2.58. The average molecular weight is 274 g/mol. The van der Waals surface area contributed by atoms with E-state index in [-0.39, 0.29) is 0 Å². The molecule has 2 heterocycles. The maximum atomic E-state index is 6.08. The molecule has 0 aliphatic carbocycles. The molecule has 1 aromatic carbocycles. The van der Waals surface area contributed by atoms with E-state index in [0.29, 0.717) is 12.6 Å². The zero-order valence-electron chi connectivity index (χ0n) is 12.5. The number of likely N-dealkylation sites (tertiary alicyclic amines) is 1. The highest BCUT2D eigenvalue weighted by molar-refractivity contribution is 5.41. The zero-order valence-corrected chi connectivity index (χ0v) is 12.5. The van der Waals surface area contributed by atoms with Crippen molar-refractivity contribution in [2.45, 2.75) is 38.6 Å². The fraction of sp³-hybridized carbons (Fsp3) is 0.647. The fourth-order valence-corrected chi connectivity index (χ4v) is 3.70. The first-order chi connectivity index (χ1) is 9.81. The van der Waals surface area contributed by atoms with Crippen LogP contribution < -0.4 is 10.5 Å². The molecule has 2 aliphatic heterocycles. The number of hydrogen-bond donors (Lipinski definition) is 1. The molecule has 0 saturated carbocycles. The first-order valence-corrected chi connectivity index (χ1v) is 8.01. The van der Waals surface area contributed by atoms with Crippen molar-refractivity contribution in [3.05, 3.63) is 29.3 Å². The predicted octanol–water partition coefficient (Wildman–Crippen LogP) is 2.74. The molecule has 0 amide bonds. The van der Waals surface area contributed by atoms with Gasteiger partial charge in [0.2, 0.25) is 0 Å². The second kappa shape index (κ2) is 6.15. The molecule has 0 bridgehead atoms. The van der Waals surface area contributed by atoms with Gasteiger partial charge in [-0.1, -0.05) is 25.5 Å². The van der Waals surface area contributed by atoms with Crippen LogP contribution in [-0.2, 0) is 6.42 Å². The Morgan fingerprint density at radius 1 is 1.45 bits per heavy atom. The van der Waals surface area contributed by atoms with Crippen LogP contribution in [0.3, 0.4) is 0 Å². The molecule has 1 aromatic rings. The minimum atomic E-state index is 0.378. The van der Waals surface area contributed by atoms with Gasteiger partial charge >= 0.3 is 0 Å². The molecule has 0 spiro atoms. The molecule has 0 radical (unpaired) electrons. The fourth-order valence-electron chi connectivity index (χ4n) is 3.70. The van der Waals surface area contributed by atoms with Gasteiger partial charge < -0.3 is 10.5 Å². The summed E-state index contributed by atoms with van der Waals surface area (Å²) in [7, 11) is 0. The largest absolute Gasteiger partial charge is 0.493 e. The summed E-state index contributed by atoms with van der Waals surface area (Å²) in [5.41, 5.74) is 8.80. The summed E-state index contributed by atoms with van der Waals surface area (Å²) in [5.74, 6) is 1.93. The number of nitrogens with zero attached hydrogens (tertiary/aromatic N) is 1. The lowest BCUT2D eigenvalue weighted by Gasteiger charge is -2.27. The first-order valence-electron chi connectivity index (χ1n) is 8.01. The van der Waals surface area contributed by atoms with Crippen molar-refractivity contribution in [2.75, 3.05) is 26.2 Å². The number of hydrogen-bond acceptors (Lipinski definition) is 3. The zero-order chi connectivity index (χ0) is 13.9. The highest BCUT2D eigenvalue weighted by Gasteiger charge is 2.28. The van der Waals surface area contributed by atoms with Crippen LogP contribution in [0.1, 0.15) is 43.4 Å². The third-order valence-electron chi connectivity index (χ3n) is 4.78. The van der Waals surface area contributed by atoms with Crippen molar-refractivity contribution < 1.29 is 4.74 Å². The molecule has 3 rings (SSSR count). The van der Waals surface area contributed by atoms with Crippen LogP contribution >= 0.6 is 0 Å². The molecule has 20 heavy (non-hydrogen) atoms. The van der Waals surface area contributed by atoms with Gasteiger partial charge in [-0.15, -0.1) is 0 Å². The molecule has 2 aliphatic rings. The summed E-state index contributed by atoms with van der Waals surface area (Å²) in [6.07, 6.45) is 5.02. The second-order valence-electron chi connectivity index (χ2n) is 6.16. The van der Waals surface area contributed by atoms with Gasteiger partial charge in [-0.25, -0.2) is 0 Å². The third-order valence-corrected chi connectivity index (χ3v) is 4.78. The van der Waals surface area contributed by atoms with Gasteiger partial charge in [-0.05, 0) is 42.5 Å². The average Bonchev–Trinajstić information content (AvgIpc) is 3.09. The summed E-state index contributed by atoms with van der Waals surface area (Å²) >= 11 is 0. The third kappa shape index (κ3) is 2.70. The lowest BCUT2D eigenvalue weighted by atomic mass is 10.0. The van der Waals surface area contributed by atoms with E-state index in [1.54, 1.807) is 0 Å². The van der Waals surface area contributed by atoms with Gasteiger partial charge in [0, 0.05) is 25.6 Å². The standard InChI is InChI=1S/C17H26N2O/c1-2-3-13-6-8-19(12-13)16(11-18)14-4-5-17-15(10-14)7-9-20-17/h4-5,10,13,16H,2-3,6-9,11-12,18H2,1H3. The van der Waals surface area contributed by atoms with E-state index in [0.717, 1.165) is 24.7 Å². The molecule has 1 fully saturated rings. The SMILES string of the molecule is CCCC1CCN(C(CN)c2ccc3c(c2)CCO3)C1. The smallest absolute Gasteiger partial charge is 0.122 e. The van der Waals surface area contributed by atoms with Gasteiger partial charge in [0.15, 0.2) is 0 Å². The topological polar surface area (TPSA) is 38.5 Å². The highest BCUT2D eigenvalue weighted by atomic mass is 16.5. The van der Waals surface area contributed by atoms with Crippen molar-refractivity contribution in [3.8, 4) is 5.75 Å². The van der Waals surface area contributed by atoms with Crippen molar-refractivity contribution in [1.29, 1.82) is 0 Å². The summed E-state index contributed by atoms with van der Waals surface area (Å²) in [6.45, 7) is 6.22. The molecule has 2 atom stereocenters. The Kier molecular flexibility index (Phi) is 4.27. The summed E-state index contributed by atoms with van der Waals surface area (Å²) in [6, 6.07) is 7.02. The van der Waals surface area contributed by atoms with Gasteiger partial charge in [-0.2, -0.15) is 0 Å². The van der Waals surface area contributed by atoms with Gasteiger partial charge in [0.25, 0.3) is 0 Å². The van der Waals surface area contributed by atoms with E-state index in [9.17, 15) is 0 Å². The lowest BCUT2D eigenvalue weighted by molar-refractivity contribution is 0.239. The summed E-state index contributed by atoms with van der Waals surface area (Å²) < 4.78 is 5.60. The number of ether oxygens (including phenoxy) is 1. The van der Waals surface area contributed by atoms with E-state index in [1.807, 2.05) is 0 Å². The van der Waals surface area contributed by atoms with Crippen LogP contribution in [0.15, 0.2) is 18.2 Å². The molecule has 110 valence electrons. The van der Waals surface area contributed by atoms with Crippen molar-refractivity contribution >= 4 is 0 Å². The number of fused-ring (bicyclic) bond motifs is 1. The van der Waals surface area contributed by atoms with Crippen molar-refractivity contribution in [3.63, 3.8) is 0 Å². The Balaban J connectivity index is 1.73. The van der Waals surface area contributed by atoms with Gasteiger partial charge in [-0.3, -0.25) is 4.90 Å². The van der Waals surface area contributed by atoms with Crippen LogP contribution in [0, 0.1) is 5.92 Å². The first kappa shape index (κ1) is 13.9. The number of rotatable bonds is 5. The Bertz CT molecular complexity index is 460. The van der Waals surface area contributed by atoms with Crippen molar-refractivity contribution in [1.82, 2.24) is 4.90 Å². The quantitative estimate of drug-likeness (QED) is 0.897. The Morgan fingerprint density at radius 2 is 2.35 bits per heavy atom. The Labute approximate surface area is 122 Å². The van der Waals surface area contributed by atoms with Crippen LogP contribution in [0.4, 0.5) is 0 Å². The molecular weight excluding hydrogens is 248 g/mol. The van der Waals surface area contributed by atoms with E-state index >= 15 is 0 Å². The van der Waals surface area contributed by atoms with Crippen LogP contribution in [0.25, 0.3) is 0 Å². The summed E-state index contributed by atoms with van der Waals surface area (Å²) in [5, 5.41) is 0. The van der Waals surface area contributed by atoms with Gasteiger partial charge in [0.05, 0.1) is 6.61 Å². The number of benzene rings is 1. The molecule has 3 nitrogen and oxygen atoms in total. The lowest BCUT2D eigenvalue weighted by Crippen LogP contribution is -2.32. The molecule has 2 unspecified atom stereocenters. The molecule has 1 saturated heterocycles.